The number of carbonyl (C=O) groups excluding carboxylic acids is 1. The molecule has 1 amide bonds. The van der Waals surface area contributed by atoms with Gasteiger partial charge in [-0.1, -0.05) is 18.2 Å². The fourth-order valence-electron chi connectivity index (χ4n) is 4.34. The van der Waals surface area contributed by atoms with E-state index in [1.807, 2.05) is 23.1 Å². The lowest BCUT2D eigenvalue weighted by atomic mass is 9.78. The third-order valence-corrected chi connectivity index (χ3v) is 5.56. The molecule has 0 spiro atoms. The van der Waals surface area contributed by atoms with Crippen molar-refractivity contribution in [1.82, 2.24) is 4.90 Å². The lowest BCUT2D eigenvalue weighted by Gasteiger charge is -2.38. The molecule has 3 aliphatic heterocycles. The Morgan fingerprint density at radius 3 is 2.21 bits per heavy atom. The van der Waals surface area contributed by atoms with Crippen molar-refractivity contribution in [3.63, 3.8) is 0 Å². The highest BCUT2D eigenvalue weighted by Gasteiger charge is 2.56. The Morgan fingerprint density at radius 1 is 0.958 bits per heavy atom. The van der Waals surface area contributed by atoms with Crippen LogP contribution in [0.3, 0.4) is 0 Å². The lowest BCUT2D eigenvalue weighted by Crippen LogP contribution is -2.53. The van der Waals surface area contributed by atoms with Gasteiger partial charge in [0.05, 0.1) is 24.0 Å². The van der Waals surface area contributed by atoms with Gasteiger partial charge in [-0.2, -0.15) is 0 Å². The summed E-state index contributed by atoms with van der Waals surface area (Å²) in [4.78, 5) is 28.6. The Balaban J connectivity index is 1.42. The number of ether oxygens (including phenoxy) is 1. The maximum atomic E-state index is 12.9. The van der Waals surface area contributed by atoms with Gasteiger partial charge in [0.2, 0.25) is 5.91 Å². The Bertz CT molecular complexity index is 627. The predicted octanol–water partition coefficient (Wildman–Crippen LogP) is 1.21. The minimum absolute atomic E-state index is 0.0395. The number of fused-ring (bicyclic) bond motifs is 2. The number of para-hydroxylation sites is 1. The Labute approximate surface area is 141 Å². The van der Waals surface area contributed by atoms with Gasteiger partial charge in [-0.05, 0) is 25.0 Å². The van der Waals surface area contributed by atoms with Gasteiger partial charge in [0.1, 0.15) is 0 Å². The van der Waals surface area contributed by atoms with Crippen LogP contribution in [0, 0.1) is 11.8 Å². The van der Waals surface area contributed by atoms with Crippen LogP contribution in [0.1, 0.15) is 12.8 Å². The van der Waals surface area contributed by atoms with E-state index in [0.717, 1.165) is 31.6 Å². The molecule has 0 radical (unpaired) electrons. The van der Waals surface area contributed by atoms with E-state index in [1.165, 1.54) is 0 Å². The minimum atomic E-state index is -0.900. The van der Waals surface area contributed by atoms with Crippen LogP contribution < -0.4 is 4.90 Å². The third kappa shape index (κ3) is 2.55. The van der Waals surface area contributed by atoms with Crippen LogP contribution in [0.5, 0.6) is 0 Å². The van der Waals surface area contributed by atoms with Crippen molar-refractivity contribution in [2.24, 2.45) is 11.8 Å². The fourth-order valence-corrected chi connectivity index (χ4v) is 4.34. The summed E-state index contributed by atoms with van der Waals surface area (Å²) in [5.74, 6) is -2.13. The predicted molar refractivity (Wildman–Crippen MR) is 87.7 cm³/mol. The molecule has 1 N–H and O–H groups in total. The summed E-state index contributed by atoms with van der Waals surface area (Å²) in [5.41, 5.74) is 1.16. The summed E-state index contributed by atoms with van der Waals surface area (Å²) in [6.07, 6.45) is 1.06. The highest BCUT2D eigenvalue weighted by molar-refractivity contribution is 5.86. The molecule has 6 heteroatoms. The fraction of sp³-hybridized carbons (Fsp3) is 0.556. The number of hydrogen-bond acceptors (Lipinski definition) is 4. The van der Waals surface area contributed by atoms with Crippen molar-refractivity contribution in [3.05, 3.63) is 30.3 Å². The first kappa shape index (κ1) is 15.4. The summed E-state index contributed by atoms with van der Waals surface area (Å²) < 4.78 is 5.72. The molecule has 4 atom stereocenters. The average molecular weight is 330 g/mol. The second kappa shape index (κ2) is 6.09. The van der Waals surface area contributed by atoms with E-state index in [4.69, 9.17) is 4.74 Å². The maximum Gasteiger partial charge on any atom is 0.310 e. The van der Waals surface area contributed by atoms with Crippen LogP contribution in [-0.4, -0.2) is 60.3 Å². The monoisotopic (exact) mass is 330 g/mol. The van der Waals surface area contributed by atoms with Gasteiger partial charge < -0.3 is 19.6 Å². The topological polar surface area (TPSA) is 70.1 Å². The molecule has 0 unspecified atom stereocenters. The van der Waals surface area contributed by atoms with E-state index in [2.05, 4.69) is 17.0 Å². The molecule has 3 aliphatic rings. The van der Waals surface area contributed by atoms with Crippen molar-refractivity contribution in [1.29, 1.82) is 0 Å². The molecule has 6 nitrogen and oxygen atoms in total. The van der Waals surface area contributed by atoms with Crippen LogP contribution in [0.15, 0.2) is 30.3 Å². The first-order chi connectivity index (χ1) is 11.6. The molecule has 2 bridgehead atoms. The summed E-state index contributed by atoms with van der Waals surface area (Å²) in [7, 11) is 0. The Hall–Kier alpha value is -2.08. The van der Waals surface area contributed by atoms with Gasteiger partial charge in [0.25, 0.3) is 0 Å². The Kier molecular flexibility index (Phi) is 3.92. The van der Waals surface area contributed by atoms with Gasteiger partial charge in [-0.3, -0.25) is 9.59 Å². The SMILES string of the molecule is O=C(O)[C@H]1[C@H](C(=O)N2CCN(c3ccccc3)CC2)[C@H]2CC[C@H]1O2. The van der Waals surface area contributed by atoms with Crippen LogP contribution in [0.4, 0.5) is 5.69 Å². The number of carboxylic acid groups (broad SMARTS) is 1. The van der Waals surface area contributed by atoms with Crippen LogP contribution in [-0.2, 0) is 14.3 Å². The number of rotatable bonds is 3. The quantitative estimate of drug-likeness (QED) is 0.902. The van der Waals surface area contributed by atoms with Gasteiger partial charge in [-0.25, -0.2) is 0 Å². The van der Waals surface area contributed by atoms with E-state index >= 15 is 0 Å². The van der Waals surface area contributed by atoms with Crippen LogP contribution in [0.25, 0.3) is 0 Å². The largest absolute Gasteiger partial charge is 0.481 e. The lowest BCUT2D eigenvalue weighted by molar-refractivity contribution is -0.151. The number of aliphatic carboxylic acids is 1. The number of piperazine rings is 1. The first-order valence-corrected chi connectivity index (χ1v) is 8.62. The molecule has 1 aromatic carbocycles. The minimum Gasteiger partial charge on any atom is -0.481 e. The molecule has 0 saturated carbocycles. The highest BCUT2D eigenvalue weighted by atomic mass is 16.5. The van der Waals surface area contributed by atoms with Gasteiger partial charge >= 0.3 is 5.97 Å². The van der Waals surface area contributed by atoms with E-state index in [9.17, 15) is 14.7 Å². The molecule has 0 aromatic heterocycles. The molecule has 3 saturated heterocycles. The van der Waals surface area contributed by atoms with E-state index in [1.54, 1.807) is 0 Å². The van der Waals surface area contributed by atoms with Gasteiger partial charge in [-0.15, -0.1) is 0 Å². The van der Waals surface area contributed by atoms with Crippen molar-refractivity contribution in [3.8, 4) is 0 Å². The molecule has 0 aliphatic carbocycles. The molecule has 3 heterocycles. The second-order valence-electron chi connectivity index (χ2n) is 6.83. The third-order valence-electron chi connectivity index (χ3n) is 5.56. The van der Waals surface area contributed by atoms with Crippen molar-refractivity contribution >= 4 is 17.6 Å². The van der Waals surface area contributed by atoms with Gasteiger partial charge in [0.15, 0.2) is 0 Å². The summed E-state index contributed by atoms with van der Waals surface area (Å²) in [6, 6.07) is 10.2. The zero-order valence-electron chi connectivity index (χ0n) is 13.5. The van der Waals surface area contributed by atoms with Gasteiger partial charge in [0, 0.05) is 31.9 Å². The average Bonchev–Trinajstić information content (AvgIpc) is 3.23. The normalized spacial score (nSPS) is 32.2. The zero-order chi connectivity index (χ0) is 16.7. The van der Waals surface area contributed by atoms with Crippen molar-refractivity contribution in [2.45, 2.75) is 25.0 Å². The molecular formula is C18H22N2O4. The van der Waals surface area contributed by atoms with Crippen molar-refractivity contribution < 1.29 is 19.4 Å². The number of benzene rings is 1. The molecular weight excluding hydrogens is 308 g/mol. The summed E-state index contributed by atoms with van der Waals surface area (Å²) in [5, 5.41) is 9.48. The van der Waals surface area contributed by atoms with E-state index in [-0.39, 0.29) is 18.1 Å². The number of carboxylic acids is 1. The van der Waals surface area contributed by atoms with Crippen LogP contribution in [0.2, 0.25) is 0 Å². The zero-order valence-corrected chi connectivity index (χ0v) is 13.5. The molecule has 4 rings (SSSR count). The van der Waals surface area contributed by atoms with E-state index < -0.39 is 17.8 Å². The molecule has 128 valence electrons. The van der Waals surface area contributed by atoms with E-state index in [0.29, 0.717) is 13.1 Å². The maximum absolute atomic E-state index is 12.9. The summed E-state index contributed by atoms with van der Waals surface area (Å²) >= 11 is 0. The molecule has 24 heavy (non-hydrogen) atoms. The summed E-state index contributed by atoms with van der Waals surface area (Å²) in [6.45, 7) is 2.81. The number of carbonyl (C=O) groups is 2. The van der Waals surface area contributed by atoms with Crippen LogP contribution >= 0.6 is 0 Å². The number of amides is 1. The highest BCUT2D eigenvalue weighted by Crippen LogP contribution is 2.44. The molecule has 3 fully saturated rings. The second-order valence-corrected chi connectivity index (χ2v) is 6.83. The smallest absolute Gasteiger partial charge is 0.310 e. The molecule has 1 aromatic rings. The van der Waals surface area contributed by atoms with Crippen molar-refractivity contribution in [2.75, 3.05) is 31.1 Å². The number of nitrogens with zero attached hydrogens (tertiary/aromatic N) is 2. The Morgan fingerprint density at radius 2 is 1.58 bits per heavy atom. The number of hydrogen-bond donors (Lipinski definition) is 1. The number of anilines is 1. The first-order valence-electron chi connectivity index (χ1n) is 8.62. The standard InChI is InChI=1S/C18H22N2O4/c21-17(15-13-6-7-14(24-13)16(15)18(22)23)20-10-8-19(9-11-20)12-4-2-1-3-5-12/h1-5,13-16H,6-11H2,(H,22,23)/t13-,14-,15-,16-/m1/s1.